The third-order valence-electron chi connectivity index (χ3n) is 2.52. The minimum absolute atomic E-state index is 0.0498. The smallest absolute Gasteiger partial charge is 0.192 e. The fraction of sp³-hybridized carbons (Fsp3) is 0.167. The van der Waals surface area contributed by atoms with E-state index in [1.807, 2.05) is 0 Å². The van der Waals surface area contributed by atoms with Crippen LogP contribution in [0.1, 0.15) is 20.7 Å². The van der Waals surface area contributed by atoms with Crippen LogP contribution in [0, 0.1) is 0 Å². The quantitative estimate of drug-likeness (QED) is 0.750. The maximum Gasteiger partial charge on any atom is 0.192 e. The van der Waals surface area contributed by atoms with Crippen molar-refractivity contribution in [3.05, 3.63) is 47.0 Å². The molecule has 0 saturated heterocycles. The molecule has 1 aliphatic carbocycles. The number of fused-ring (bicyclic) bond motifs is 1. The SMILES string of the molecule is O=C1C=C([C@H](O)CO)C(=O)c2ccccc21. The van der Waals surface area contributed by atoms with Crippen molar-refractivity contribution >= 4 is 11.6 Å². The number of hydrogen-bond acceptors (Lipinski definition) is 4. The lowest BCUT2D eigenvalue weighted by atomic mass is 9.87. The van der Waals surface area contributed by atoms with Crippen LogP contribution in [-0.2, 0) is 0 Å². The summed E-state index contributed by atoms with van der Waals surface area (Å²) in [4.78, 5) is 23.5. The summed E-state index contributed by atoms with van der Waals surface area (Å²) in [7, 11) is 0. The van der Waals surface area contributed by atoms with Crippen LogP contribution in [0.15, 0.2) is 35.9 Å². The number of hydrogen-bond donors (Lipinski definition) is 2. The van der Waals surface area contributed by atoms with Gasteiger partial charge in [-0.25, -0.2) is 0 Å². The van der Waals surface area contributed by atoms with E-state index in [1.165, 1.54) is 6.07 Å². The van der Waals surface area contributed by atoms with Crippen LogP contribution < -0.4 is 0 Å². The summed E-state index contributed by atoms with van der Waals surface area (Å²) < 4.78 is 0. The Balaban J connectivity index is 2.51. The topological polar surface area (TPSA) is 74.6 Å². The van der Waals surface area contributed by atoms with Gasteiger partial charge in [-0.15, -0.1) is 0 Å². The van der Waals surface area contributed by atoms with Gasteiger partial charge in [-0.05, 0) is 6.08 Å². The van der Waals surface area contributed by atoms with Crippen molar-refractivity contribution < 1.29 is 19.8 Å². The number of allylic oxidation sites excluding steroid dienone is 1. The highest BCUT2D eigenvalue weighted by atomic mass is 16.3. The first-order valence-corrected chi connectivity index (χ1v) is 4.83. The predicted octanol–water partition coefficient (Wildman–Crippen LogP) is 0.345. The van der Waals surface area contributed by atoms with Crippen LogP contribution in [0.4, 0.5) is 0 Å². The molecule has 1 aliphatic rings. The number of carbonyl (C=O) groups excluding carboxylic acids is 2. The Bertz CT molecular complexity index is 488. The van der Waals surface area contributed by atoms with Crippen LogP contribution in [0.2, 0.25) is 0 Å². The largest absolute Gasteiger partial charge is 0.393 e. The number of carbonyl (C=O) groups is 2. The summed E-state index contributed by atoms with van der Waals surface area (Å²) in [5, 5.41) is 18.2. The van der Waals surface area contributed by atoms with Gasteiger partial charge in [0.1, 0.15) is 6.10 Å². The Morgan fingerprint density at radius 2 is 1.75 bits per heavy atom. The number of Topliss-reactive ketones (excluding diaryl/α,β-unsaturated/α-hetero) is 1. The summed E-state index contributed by atoms with van der Waals surface area (Å²) in [6.45, 7) is -0.576. The molecule has 4 heteroatoms. The summed E-state index contributed by atoms with van der Waals surface area (Å²) >= 11 is 0. The molecule has 0 unspecified atom stereocenters. The Labute approximate surface area is 91.8 Å². The average Bonchev–Trinajstić information content (AvgIpc) is 2.33. The van der Waals surface area contributed by atoms with Gasteiger partial charge in [-0.1, -0.05) is 24.3 Å². The Kier molecular flexibility index (Phi) is 2.68. The molecular weight excluding hydrogens is 208 g/mol. The average molecular weight is 218 g/mol. The minimum atomic E-state index is -1.30. The number of benzene rings is 1. The maximum absolute atomic E-state index is 11.9. The number of aliphatic hydroxyl groups excluding tert-OH is 2. The predicted molar refractivity (Wildman–Crippen MR) is 56.3 cm³/mol. The van der Waals surface area contributed by atoms with E-state index in [0.717, 1.165) is 6.08 Å². The molecule has 2 rings (SSSR count). The van der Waals surface area contributed by atoms with Crippen LogP contribution in [0.3, 0.4) is 0 Å². The van der Waals surface area contributed by atoms with Crippen molar-refractivity contribution in [3.8, 4) is 0 Å². The Morgan fingerprint density at radius 1 is 1.12 bits per heavy atom. The molecule has 1 aromatic carbocycles. The monoisotopic (exact) mass is 218 g/mol. The lowest BCUT2D eigenvalue weighted by molar-refractivity contribution is 0.0876. The van der Waals surface area contributed by atoms with E-state index in [9.17, 15) is 14.7 Å². The van der Waals surface area contributed by atoms with Crippen molar-refractivity contribution in [2.75, 3.05) is 6.61 Å². The third-order valence-corrected chi connectivity index (χ3v) is 2.52. The van der Waals surface area contributed by atoms with Crippen LogP contribution >= 0.6 is 0 Å². The molecule has 82 valence electrons. The van der Waals surface area contributed by atoms with E-state index < -0.39 is 18.5 Å². The molecule has 0 fully saturated rings. The van der Waals surface area contributed by atoms with Gasteiger partial charge in [0.25, 0.3) is 0 Å². The third kappa shape index (κ3) is 1.58. The zero-order valence-electron chi connectivity index (χ0n) is 8.38. The van der Waals surface area contributed by atoms with E-state index in [0.29, 0.717) is 5.56 Å². The second kappa shape index (κ2) is 4.00. The zero-order valence-corrected chi connectivity index (χ0v) is 8.38. The van der Waals surface area contributed by atoms with Crippen molar-refractivity contribution in [1.82, 2.24) is 0 Å². The normalized spacial score (nSPS) is 16.8. The summed E-state index contributed by atoms with van der Waals surface area (Å²) in [5.41, 5.74) is 0.560. The Morgan fingerprint density at radius 3 is 2.38 bits per heavy atom. The molecule has 2 N–H and O–H groups in total. The van der Waals surface area contributed by atoms with Gasteiger partial charge < -0.3 is 10.2 Å². The number of ketones is 2. The first-order chi connectivity index (χ1) is 7.65. The zero-order chi connectivity index (χ0) is 11.7. The first kappa shape index (κ1) is 10.7. The molecular formula is C12H10O4. The molecule has 0 aliphatic heterocycles. The molecule has 0 spiro atoms. The van der Waals surface area contributed by atoms with Crippen LogP contribution in [0.25, 0.3) is 0 Å². The Hall–Kier alpha value is -1.78. The van der Waals surface area contributed by atoms with E-state index in [4.69, 9.17) is 5.11 Å². The summed E-state index contributed by atoms with van der Waals surface area (Å²) in [5.74, 6) is -0.727. The van der Waals surface area contributed by atoms with Gasteiger partial charge in [-0.2, -0.15) is 0 Å². The van der Waals surface area contributed by atoms with Gasteiger partial charge in [0.05, 0.1) is 6.61 Å². The highest BCUT2D eigenvalue weighted by molar-refractivity contribution is 6.24. The van der Waals surface area contributed by atoms with Crippen molar-refractivity contribution in [2.45, 2.75) is 6.10 Å². The molecule has 0 aromatic heterocycles. The second-order valence-electron chi connectivity index (χ2n) is 3.54. The van der Waals surface area contributed by atoms with E-state index in [-0.39, 0.29) is 16.9 Å². The molecule has 16 heavy (non-hydrogen) atoms. The first-order valence-electron chi connectivity index (χ1n) is 4.83. The van der Waals surface area contributed by atoms with Crippen molar-refractivity contribution in [3.63, 3.8) is 0 Å². The number of aliphatic hydroxyl groups is 2. The van der Waals surface area contributed by atoms with Gasteiger partial charge in [0, 0.05) is 16.7 Å². The van der Waals surface area contributed by atoms with Gasteiger partial charge in [-0.3, -0.25) is 9.59 Å². The van der Waals surface area contributed by atoms with Crippen LogP contribution in [0.5, 0.6) is 0 Å². The van der Waals surface area contributed by atoms with Gasteiger partial charge >= 0.3 is 0 Å². The molecule has 1 atom stereocenters. The van der Waals surface area contributed by atoms with E-state index in [2.05, 4.69) is 0 Å². The summed E-state index contributed by atoms with van der Waals surface area (Å²) in [6.07, 6.45) is -0.212. The van der Waals surface area contributed by atoms with Gasteiger partial charge in [0.15, 0.2) is 11.6 Å². The molecule has 0 heterocycles. The lowest BCUT2D eigenvalue weighted by Crippen LogP contribution is -2.27. The second-order valence-corrected chi connectivity index (χ2v) is 3.54. The maximum atomic E-state index is 11.9. The number of rotatable bonds is 2. The molecule has 0 amide bonds. The fourth-order valence-corrected chi connectivity index (χ4v) is 1.68. The molecule has 1 aromatic rings. The van der Waals surface area contributed by atoms with E-state index in [1.54, 1.807) is 18.2 Å². The van der Waals surface area contributed by atoms with Crippen molar-refractivity contribution in [1.29, 1.82) is 0 Å². The summed E-state index contributed by atoms with van der Waals surface area (Å²) in [6, 6.07) is 6.42. The minimum Gasteiger partial charge on any atom is -0.393 e. The highest BCUT2D eigenvalue weighted by Gasteiger charge is 2.28. The fourth-order valence-electron chi connectivity index (χ4n) is 1.68. The van der Waals surface area contributed by atoms with Gasteiger partial charge in [0.2, 0.25) is 0 Å². The molecule has 0 bridgehead atoms. The molecule has 0 radical (unpaired) electrons. The lowest BCUT2D eigenvalue weighted by Gasteiger charge is -2.17. The van der Waals surface area contributed by atoms with Crippen molar-refractivity contribution in [2.24, 2.45) is 0 Å². The standard InChI is InChI=1S/C12H10O4/c13-6-11(15)9-5-10(14)7-3-1-2-4-8(7)12(9)16/h1-5,11,13,15H,6H2/t11-/m1/s1. The molecule has 4 nitrogen and oxygen atoms in total. The van der Waals surface area contributed by atoms with Crippen LogP contribution in [-0.4, -0.2) is 34.5 Å². The molecule has 0 saturated carbocycles. The highest BCUT2D eigenvalue weighted by Crippen LogP contribution is 2.22. The van der Waals surface area contributed by atoms with E-state index >= 15 is 0 Å².